The Morgan fingerprint density at radius 3 is 2.70 bits per heavy atom. The number of carbonyl (C=O) groups excluding carboxylic acids is 1. The van der Waals surface area contributed by atoms with E-state index in [-0.39, 0.29) is 18.0 Å². The summed E-state index contributed by atoms with van der Waals surface area (Å²) in [4.78, 5) is 16.1. The van der Waals surface area contributed by atoms with E-state index >= 15 is 0 Å². The number of amides is 1. The number of halogens is 1. The van der Waals surface area contributed by atoms with Crippen LogP contribution < -0.4 is 10.2 Å². The van der Waals surface area contributed by atoms with Crippen LogP contribution in [0.3, 0.4) is 0 Å². The molecule has 0 saturated carbocycles. The van der Waals surface area contributed by atoms with Gasteiger partial charge in [0.1, 0.15) is 11.4 Å². The zero-order chi connectivity index (χ0) is 17.2. The van der Waals surface area contributed by atoms with E-state index in [1.807, 2.05) is 39.8 Å². The average molecular weight is 323 g/mol. The van der Waals surface area contributed by atoms with Gasteiger partial charge in [0.25, 0.3) is 0 Å². The van der Waals surface area contributed by atoms with E-state index < -0.39 is 5.60 Å². The molecule has 1 unspecified atom stereocenters. The first-order chi connectivity index (χ1) is 10.7. The molecule has 0 spiro atoms. The Balaban J connectivity index is 2.35. The molecule has 2 rings (SSSR count). The van der Waals surface area contributed by atoms with Crippen molar-refractivity contribution in [3.8, 4) is 0 Å². The van der Waals surface area contributed by atoms with E-state index in [0.29, 0.717) is 19.6 Å². The van der Waals surface area contributed by atoms with Crippen LogP contribution in [0.15, 0.2) is 18.2 Å². The Labute approximate surface area is 137 Å². The third kappa shape index (κ3) is 4.34. The number of piperazine rings is 1. The van der Waals surface area contributed by atoms with Crippen LogP contribution in [-0.4, -0.2) is 50.3 Å². The molecule has 1 saturated heterocycles. The van der Waals surface area contributed by atoms with Crippen LogP contribution in [0.1, 0.15) is 32.4 Å². The predicted octanol–water partition coefficient (Wildman–Crippen LogP) is 2.77. The first kappa shape index (κ1) is 17.5. The number of anilines is 1. The summed E-state index contributed by atoms with van der Waals surface area (Å²) in [6.07, 6.45) is -0.363. The molecule has 1 aromatic carbocycles. The zero-order valence-electron chi connectivity index (χ0n) is 14.5. The normalized spacial score (nSPS) is 18.7. The second-order valence-electron chi connectivity index (χ2n) is 6.99. The first-order valence-electron chi connectivity index (χ1n) is 7.86. The van der Waals surface area contributed by atoms with E-state index in [1.54, 1.807) is 11.0 Å². The largest absolute Gasteiger partial charge is 0.444 e. The van der Waals surface area contributed by atoms with Crippen molar-refractivity contribution in [2.24, 2.45) is 0 Å². The Morgan fingerprint density at radius 2 is 2.09 bits per heavy atom. The monoisotopic (exact) mass is 323 g/mol. The molecule has 23 heavy (non-hydrogen) atoms. The number of benzene rings is 1. The fourth-order valence-electron chi connectivity index (χ4n) is 2.72. The van der Waals surface area contributed by atoms with E-state index in [2.05, 4.69) is 5.32 Å². The number of hydrogen-bond donors (Lipinski definition) is 1. The van der Waals surface area contributed by atoms with Gasteiger partial charge in [0.15, 0.2) is 0 Å². The maximum Gasteiger partial charge on any atom is 0.410 e. The fourth-order valence-corrected chi connectivity index (χ4v) is 2.72. The second-order valence-corrected chi connectivity index (χ2v) is 6.99. The Bertz CT molecular complexity index is 569. The molecule has 0 radical (unpaired) electrons. The summed E-state index contributed by atoms with van der Waals surface area (Å²) < 4.78 is 19.3. The summed E-state index contributed by atoms with van der Waals surface area (Å²) in [5.74, 6) is -0.305. The van der Waals surface area contributed by atoms with Gasteiger partial charge >= 0.3 is 6.09 Å². The maximum atomic E-state index is 13.8. The standard InChI is InChI=1S/C17H26FN3O2/c1-17(2,3)23-16(22)21-9-8-19-11-15(21)13-10-12(18)6-7-14(13)20(4)5/h6-7,10,15,19H,8-9,11H2,1-5H3. The minimum Gasteiger partial charge on any atom is -0.444 e. The van der Waals surface area contributed by atoms with Crippen molar-refractivity contribution < 1.29 is 13.9 Å². The highest BCUT2D eigenvalue weighted by Crippen LogP contribution is 2.32. The Kier molecular flexibility index (Phi) is 5.14. The first-order valence-corrected chi connectivity index (χ1v) is 7.86. The van der Waals surface area contributed by atoms with Gasteiger partial charge < -0.3 is 15.0 Å². The molecule has 6 heteroatoms. The van der Waals surface area contributed by atoms with Crippen molar-refractivity contribution in [3.63, 3.8) is 0 Å². The van der Waals surface area contributed by atoms with Crippen LogP contribution >= 0.6 is 0 Å². The minimum atomic E-state index is -0.557. The molecule has 1 heterocycles. The number of ether oxygens (including phenoxy) is 1. The third-order valence-corrected chi connectivity index (χ3v) is 3.70. The number of hydrogen-bond acceptors (Lipinski definition) is 4. The fraction of sp³-hybridized carbons (Fsp3) is 0.588. The van der Waals surface area contributed by atoms with Crippen molar-refractivity contribution in [1.82, 2.24) is 10.2 Å². The van der Waals surface area contributed by atoms with Gasteiger partial charge in [-0.25, -0.2) is 9.18 Å². The zero-order valence-corrected chi connectivity index (χ0v) is 14.5. The van der Waals surface area contributed by atoms with Gasteiger partial charge in [-0.05, 0) is 39.0 Å². The molecule has 1 atom stereocenters. The van der Waals surface area contributed by atoms with Gasteiger partial charge in [-0.3, -0.25) is 4.90 Å². The molecular formula is C17H26FN3O2. The SMILES string of the molecule is CN(C)c1ccc(F)cc1C1CNCCN1C(=O)OC(C)(C)C. The summed E-state index contributed by atoms with van der Waals surface area (Å²) in [5.41, 5.74) is 1.13. The number of rotatable bonds is 2. The molecule has 0 aromatic heterocycles. The molecule has 1 aromatic rings. The highest BCUT2D eigenvalue weighted by atomic mass is 19.1. The molecule has 1 N–H and O–H groups in total. The van der Waals surface area contributed by atoms with Gasteiger partial charge in [-0.1, -0.05) is 0 Å². The van der Waals surface area contributed by atoms with Crippen LogP contribution in [0.2, 0.25) is 0 Å². The van der Waals surface area contributed by atoms with Gasteiger partial charge in [-0.2, -0.15) is 0 Å². The maximum absolute atomic E-state index is 13.8. The molecule has 1 aliphatic rings. The quantitative estimate of drug-likeness (QED) is 0.909. The van der Waals surface area contributed by atoms with Crippen molar-refractivity contribution >= 4 is 11.8 Å². The van der Waals surface area contributed by atoms with Crippen molar-refractivity contribution in [2.75, 3.05) is 38.6 Å². The van der Waals surface area contributed by atoms with E-state index in [0.717, 1.165) is 11.3 Å². The van der Waals surface area contributed by atoms with E-state index in [9.17, 15) is 9.18 Å². The number of carbonyl (C=O) groups is 1. The van der Waals surface area contributed by atoms with Crippen molar-refractivity contribution in [1.29, 1.82) is 0 Å². The Hall–Kier alpha value is -1.82. The van der Waals surface area contributed by atoms with Gasteiger partial charge in [0, 0.05) is 45.0 Å². The highest BCUT2D eigenvalue weighted by molar-refractivity contribution is 5.70. The van der Waals surface area contributed by atoms with Crippen LogP contribution in [0.5, 0.6) is 0 Å². The van der Waals surface area contributed by atoms with Crippen LogP contribution in [0.4, 0.5) is 14.9 Å². The summed E-state index contributed by atoms with van der Waals surface area (Å²) in [5, 5.41) is 3.28. The van der Waals surface area contributed by atoms with Gasteiger partial charge in [0.05, 0.1) is 6.04 Å². The summed E-state index contributed by atoms with van der Waals surface area (Å²) in [7, 11) is 3.82. The number of nitrogens with zero attached hydrogens (tertiary/aromatic N) is 2. The lowest BCUT2D eigenvalue weighted by molar-refractivity contribution is 0.0118. The molecular weight excluding hydrogens is 297 g/mol. The molecule has 128 valence electrons. The summed E-state index contributed by atoms with van der Waals surface area (Å²) in [6.45, 7) is 7.33. The second kappa shape index (κ2) is 6.74. The molecule has 1 fully saturated rings. The smallest absolute Gasteiger partial charge is 0.410 e. The predicted molar refractivity (Wildman–Crippen MR) is 89.3 cm³/mol. The summed E-state index contributed by atoms with van der Waals surface area (Å²) in [6, 6.07) is 4.43. The highest BCUT2D eigenvalue weighted by Gasteiger charge is 2.33. The van der Waals surface area contributed by atoms with Crippen molar-refractivity contribution in [2.45, 2.75) is 32.4 Å². The molecule has 1 amide bonds. The van der Waals surface area contributed by atoms with E-state index in [4.69, 9.17) is 4.74 Å². The van der Waals surface area contributed by atoms with Crippen LogP contribution in [0.25, 0.3) is 0 Å². The van der Waals surface area contributed by atoms with E-state index in [1.165, 1.54) is 12.1 Å². The van der Waals surface area contributed by atoms with Crippen molar-refractivity contribution in [3.05, 3.63) is 29.6 Å². The molecule has 0 aliphatic carbocycles. The average Bonchev–Trinajstić information content (AvgIpc) is 2.45. The number of nitrogens with one attached hydrogen (secondary N) is 1. The lowest BCUT2D eigenvalue weighted by atomic mass is 10.0. The molecule has 5 nitrogen and oxygen atoms in total. The summed E-state index contributed by atoms with van der Waals surface area (Å²) >= 11 is 0. The van der Waals surface area contributed by atoms with Gasteiger partial charge in [-0.15, -0.1) is 0 Å². The van der Waals surface area contributed by atoms with Gasteiger partial charge in [0.2, 0.25) is 0 Å². The molecule has 0 bridgehead atoms. The topological polar surface area (TPSA) is 44.8 Å². The minimum absolute atomic E-state index is 0.258. The van der Waals surface area contributed by atoms with Crippen LogP contribution in [0, 0.1) is 5.82 Å². The molecule has 1 aliphatic heterocycles. The lowest BCUT2D eigenvalue weighted by Crippen LogP contribution is -2.50. The lowest BCUT2D eigenvalue weighted by Gasteiger charge is -2.38. The Morgan fingerprint density at radius 1 is 1.39 bits per heavy atom. The van der Waals surface area contributed by atoms with Crippen LogP contribution in [-0.2, 0) is 4.74 Å². The third-order valence-electron chi connectivity index (χ3n) is 3.70.